The number of H-pyrrole nitrogens is 1. The SMILES string of the molecule is Cc1cccc2c(O)cc3c(c12)[C@H](CCl)CN3C(=O)c1ccc2cc(-c3ccc(OCCN(C)C)cc3)[nH]c2c1.Cc1ccccc1. The highest BCUT2D eigenvalue weighted by Gasteiger charge is 2.35. The highest BCUT2D eigenvalue weighted by molar-refractivity contribution is 6.19. The first-order chi connectivity index (χ1) is 22.7. The smallest absolute Gasteiger partial charge is 0.258 e. The molecule has 1 aliphatic rings. The molecule has 0 spiro atoms. The molecule has 0 saturated carbocycles. The van der Waals surface area contributed by atoms with Crippen molar-refractivity contribution in [1.29, 1.82) is 0 Å². The first kappa shape index (κ1) is 32.2. The summed E-state index contributed by atoms with van der Waals surface area (Å²) in [6.07, 6.45) is 0. The lowest BCUT2D eigenvalue weighted by Gasteiger charge is -2.19. The fourth-order valence-corrected chi connectivity index (χ4v) is 6.45. The number of phenolic OH excluding ortho intramolecular Hbond substituents is 1. The average molecular weight is 646 g/mol. The zero-order chi connectivity index (χ0) is 33.1. The van der Waals surface area contributed by atoms with E-state index in [1.165, 1.54) is 5.56 Å². The summed E-state index contributed by atoms with van der Waals surface area (Å²) in [6.45, 7) is 6.08. The van der Waals surface area contributed by atoms with Gasteiger partial charge in [-0.1, -0.05) is 60.2 Å². The number of aryl methyl sites for hydroxylation is 2. The van der Waals surface area contributed by atoms with Crippen molar-refractivity contribution in [3.63, 3.8) is 0 Å². The number of anilines is 1. The Labute approximate surface area is 281 Å². The number of aromatic hydroxyl groups is 1. The van der Waals surface area contributed by atoms with E-state index in [1.54, 1.807) is 11.0 Å². The van der Waals surface area contributed by atoms with Gasteiger partial charge in [-0.3, -0.25) is 4.79 Å². The second-order valence-electron chi connectivity index (χ2n) is 12.4. The highest BCUT2D eigenvalue weighted by Crippen LogP contribution is 2.46. The van der Waals surface area contributed by atoms with Gasteiger partial charge < -0.3 is 24.6 Å². The number of hydrogen-bond acceptors (Lipinski definition) is 4. The number of phenols is 1. The molecule has 2 heterocycles. The first-order valence-electron chi connectivity index (χ1n) is 15.9. The van der Waals surface area contributed by atoms with Crippen LogP contribution in [-0.4, -0.2) is 60.6 Å². The van der Waals surface area contributed by atoms with E-state index < -0.39 is 0 Å². The van der Waals surface area contributed by atoms with E-state index >= 15 is 0 Å². The second kappa shape index (κ2) is 13.9. The van der Waals surface area contributed by atoms with Crippen molar-refractivity contribution in [2.45, 2.75) is 19.8 Å². The number of nitrogens with zero attached hydrogens (tertiary/aromatic N) is 2. The van der Waals surface area contributed by atoms with Crippen LogP contribution in [-0.2, 0) is 0 Å². The van der Waals surface area contributed by atoms with Crippen LogP contribution in [0.1, 0.15) is 33.0 Å². The van der Waals surface area contributed by atoms with Crippen molar-refractivity contribution in [1.82, 2.24) is 9.88 Å². The summed E-state index contributed by atoms with van der Waals surface area (Å²) in [5.41, 5.74) is 7.63. The molecule has 47 heavy (non-hydrogen) atoms. The molecule has 0 fully saturated rings. The van der Waals surface area contributed by atoms with Crippen molar-refractivity contribution in [3.05, 3.63) is 125 Å². The maximum absolute atomic E-state index is 13.9. The van der Waals surface area contributed by atoms with Gasteiger partial charge in [0.05, 0.1) is 5.69 Å². The van der Waals surface area contributed by atoms with Crippen LogP contribution in [0.3, 0.4) is 0 Å². The van der Waals surface area contributed by atoms with Crippen LogP contribution in [0.4, 0.5) is 5.69 Å². The number of nitrogens with one attached hydrogen (secondary N) is 1. The molecule has 1 atom stereocenters. The summed E-state index contributed by atoms with van der Waals surface area (Å²) in [5, 5.41) is 13.6. The Hall–Kier alpha value is -4.78. The molecule has 5 aromatic carbocycles. The zero-order valence-electron chi connectivity index (χ0n) is 27.3. The molecule has 1 amide bonds. The van der Waals surface area contributed by atoms with Crippen molar-refractivity contribution < 1.29 is 14.6 Å². The minimum absolute atomic E-state index is 0.0135. The van der Waals surface area contributed by atoms with Crippen LogP contribution in [0.15, 0.2) is 103 Å². The van der Waals surface area contributed by atoms with Crippen molar-refractivity contribution in [2.24, 2.45) is 0 Å². The normalized spacial score (nSPS) is 13.9. The molecule has 6 aromatic rings. The van der Waals surface area contributed by atoms with E-state index in [4.69, 9.17) is 16.3 Å². The third kappa shape index (κ3) is 6.85. The number of aromatic amines is 1. The largest absolute Gasteiger partial charge is 0.507 e. The van der Waals surface area contributed by atoms with Crippen LogP contribution in [0.5, 0.6) is 11.5 Å². The second-order valence-corrected chi connectivity index (χ2v) is 12.7. The third-order valence-corrected chi connectivity index (χ3v) is 9.06. The van der Waals surface area contributed by atoms with Gasteiger partial charge >= 0.3 is 0 Å². The average Bonchev–Trinajstić information content (AvgIpc) is 3.67. The molecule has 2 N–H and O–H groups in total. The molecule has 7 rings (SSSR count). The Bertz CT molecular complexity index is 2020. The number of likely N-dealkylation sites (N-methyl/N-ethyl adjacent to an activating group) is 1. The number of alkyl halides is 1. The number of rotatable bonds is 7. The monoisotopic (exact) mass is 645 g/mol. The first-order valence-corrected chi connectivity index (χ1v) is 16.4. The van der Waals surface area contributed by atoms with Crippen molar-refractivity contribution in [2.75, 3.05) is 44.6 Å². The molecule has 1 aliphatic heterocycles. The van der Waals surface area contributed by atoms with E-state index in [9.17, 15) is 9.90 Å². The lowest BCUT2D eigenvalue weighted by atomic mass is 9.92. The molecule has 0 radical (unpaired) electrons. The molecule has 7 heteroatoms. The van der Waals surface area contributed by atoms with Gasteiger partial charge in [-0.15, -0.1) is 11.6 Å². The third-order valence-electron chi connectivity index (χ3n) is 8.68. The molecule has 1 aromatic heterocycles. The number of benzene rings is 5. The minimum atomic E-state index is -0.113. The predicted molar refractivity (Wildman–Crippen MR) is 194 cm³/mol. The maximum atomic E-state index is 13.9. The van der Waals surface area contributed by atoms with Crippen molar-refractivity contribution in [3.8, 4) is 22.8 Å². The number of ether oxygens (including phenoxy) is 1. The summed E-state index contributed by atoms with van der Waals surface area (Å²) < 4.78 is 5.82. The maximum Gasteiger partial charge on any atom is 0.258 e. The Morgan fingerprint density at radius 2 is 1.72 bits per heavy atom. The summed E-state index contributed by atoms with van der Waals surface area (Å²) in [6, 6.07) is 33.7. The van der Waals surface area contributed by atoms with Gasteiger partial charge in [-0.2, -0.15) is 0 Å². The summed E-state index contributed by atoms with van der Waals surface area (Å²) in [7, 11) is 4.05. The molecular weight excluding hydrogens is 606 g/mol. The topological polar surface area (TPSA) is 68.8 Å². The number of carbonyl (C=O) groups is 1. The predicted octanol–water partition coefficient (Wildman–Crippen LogP) is 8.92. The molecule has 0 unspecified atom stereocenters. The van der Waals surface area contributed by atoms with Crippen LogP contribution < -0.4 is 9.64 Å². The lowest BCUT2D eigenvalue weighted by molar-refractivity contribution is 0.0988. The summed E-state index contributed by atoms with van der Waals surface area (Å²) >= 11 is 6.42. The fraction of sp³-hybridized carbons (Fsp3) is 0.225. The zero-order valence-corrected chi connectivity index (χ0v) is 28.0. The number of hydrogen-bond donors (Lipinski definition) is 2. The molecule has 240 valence electrons. The van der Waals surface area contributed by atoms with Gasteiger partial charge in [-0.05, 0) is 92.5 Å². The van der Waals surface area contributed by atoms with Crippen LogP contribution in [0, 0.1) is 13.8 Å². The van der Waals surface area contributed by atoms with E-state index in [2.05, 4.69) is 35.0 Å². The van der Waals surface area contributed by atoms with Gasteiger partial charge in [0.25, 0.3) is 5.91 Å². The van der Waals surface area contributed by atoms with E-state index in [-0.39, 0.29) is 17.6 Å². The fourth-order valence-electron chi connectivity index (χ4n) is 6.20. The molecule has 0 bridgehead atoms. The minimum Gasteiger partial charge on any atom is -0.507 e. The number of halogens is 1. The Morgan fingerprint density at radius 3 is 2.40 bits per heavy atom. The standard InChI is InChI=1S/C33H32ClN3O3.C7H8/c1-20-5-4-6-26-30(38)17-29-32(31(20)26)24(18-34)19-37(29)33(39)23-8-7-22-15-27(35-28(22)16-23)21-9-11-25(12-10-21)40-14-13-36(2)3;1-7-5-3-2-4-6-7/h4-12,15-17,24,35,38H,13-14,18-19H2,1-3H3;2-6H,1H3/t24-;/m1./s1. The van der Waals surface area contributed by atoms with Crippen LogP contribution in [0.2, 0.25) is 0 Å². The van der Waals surface area contributed by atoms with Gasteiger partial charge in [0.2, 0.25) is 0 Å². The van der Waals surface area contributed by atoms with Crippen LogP contribution in [0.25, 0.3) is 32.9 Å². The summed E-state index contributed by atoms with van der Waals surface area (Å²) in [5.74, 6) is 1.27. The van der Waals surface area contributed by atoms with Gasteiger partial charge in [0.1, 0.15) is 18.1 Å². The Kier molecular flexibility index (Phi) is 9.53. The van der Waals surface area contributed by atoms with Gasteiger partial charge in [0, 0.05) is 58.5 Å². The van der Waals surface area contributed by atoms with Gasteiger partial charge in [-0.25, -0.2) is 0 Å². The summed E-state index contributed by atoms with van der Waals surface area (Å²) in [4.78, 5) is 21.2. The van der Waals surface area contributed by atoms with E-state index in [0.717, 1.165) is 62.0 Å². The molecule has 0 saturated heterocycles. The number of carbonyl (C=O) groups excluding carboxylic acids is 1. The Morgan fingerprint density at radius 1 is 0.957 bits per heavy atom. The molecular formula is C40H40ClN3O3. The van der Waals surface area contributed by atoms with Gasteiger partial charge in [0.15, 0.2) is 0 Å². The van der Waals surface area contributed by atoms with Crippen molar-refractivity contribution >= 4 is 44.9 Å². The highest BCUT2D eigenvalue weighted by atomic mass is 35.5. The number of amides is 1. The Balaban J connectivity index is 0.000000491. The van der Waals surface area contributed by atoms with Crippen LogP contribution >= 0.6 is 11.6 Å². The molecule has 6 nitrogen and oxygen atoms in total. The van der Waals surface area contributed by atoms with E-state index in [1.807, 2.05) is 99.9 Å². The quantitative estimate of drug-likeness (QED) is 0.170. The number of aromatic nitrogens is 1. The lowest BCUT2D eigenvalue weighted by Crippen LogP contribution is -2.30. The number of fused-ring (bicyclic) bond motifs is 4. The van der Waals surface area contributed by atoms with E-state index in [0.29, 0.717) is 24.6 Å². The molecule has 0 aliphatic carbocycles.